The topological polar surface area (TPSA) is 51.8 Å². The summed E-state index contributed by atoms with van der Waals surface area (Å²) in [5.74, 6) is -2.64. The van der Waals surface area contributed by atoms with Crippen molar-refractivity contribution >= 4 is 0 Å². The van der Waals surface area contributed by atoms with Crippen molar-refractivity contribution in [1.29, 1.82) is 0 Å². The zero-order chi connectivity index (χ0) is 10.4. The highest BCUT2D eigenvalue weighted by Gasteiger charge is 2.56. The Hall–Kier alpha value is -1.10. The van der Waals surface area contributed by atoms with Crippen LogP contribution in [0.3, 0.4) is 0 Å². The van der Waals surface area contributed by atoms with Crippen molar-refractivity contribution in [3.05, 3.63) is 23.8 Å². The Balaban J connectivity index is 2.21. The Morgan fingerprint density at radius 2 is 1.93 bits per heavy atom. The van der Waals surface area contributed by atoms with Gasteiger partial charge in [-0.15, -0.1) is 0 Å². The van der Waals surface area contributed by atoms with Gasteiger partial charge in [0, 0.05) is 19.0 Å². The molecule has 1 aliphatic rings. The van der Waals surface area contributed by atoms with Crippen molar-refractivity contribution < 1.29 is 8.78 Å². The molecule has 0 amide bonds. The second-order valence-electron chi connectivity index (χ2n) is 3.91. The van der Waals surface area contributed by atoms with Crippen LogP contribution in [0.4, 0.5) is 8.78 Å². The van der Waals surface area contributed by atoms with Gasteiger partial charge in [-0.2, -0.15) is 0 Å². The second kappa shape index (κ2) is 2.70. The van der Waals surface area contributed by atoms with Gasteiger partial charge in [0.2, 0.25) is 0 Å². The molecule has 1 fully saturated rings. The SMILES string of the molecule is Cc1cnc(C2(N)CC(F)(F)C2)cn1. The molecule has 0 aliphatic heterocycles. The summed E-state index contributed by atoms with van der Waals surface area (Å²) in [4.78, 5) is 8.00. The molecule has 2 rings (SSSR count). The minimum Gasteiger partial charge on any atom is -0.320 e. The van der Waals surface area contributed by atoms with E-state index in [0.717, 1.165) is 5.69 Å². The molecule has 1 saturated carbocycles. The van der Waals surface area contributed by atoms with E-state index < -0.39 is 11.5 Å². The van der Waals surface area contributed by atoms with Crippen molar-refractivity contribution in [2.24, 2.45) is 5.73 Å². The van der Waals surface area contributed by atoms with Crippen LogP contribution in [0.5, 0.6) is 0 Å². The summed E-state index contributed by atoms with van der Waals surface area (Å²) in [6.07, 6.45) is 2.35. The number of hydrogen-bond acceptors (Lipinski definition) is 3. The van der Waals surface area contributed by atoms with Crippen LogP contribution in [0.2, 0.25) is 0 Å². The number of rotatable bonds is 1. The lowest BCUT2D eigenvalue weighted by molar-refractivity contribution is -0.126. The average Bonchev–Trinajstić information content (AvgIpc) is 2.01. The molecule has 1 heterocycles. The highest BCUT2D eigenvalue weighted by Crippen LogP contribution is 2.48. The van der Waals surface area contributed by atoms with Crippen molar-refractivity contribution in [2.75, 3.05) is 0 Å². The summed E-state index contributed by atoms with van der Waals surface area (Å²) in [7, 11) is 0. The number of aryl methyl sites for hydroxylation is 1. The third kappa shape index (κ3) is 1.48. The third-order valence-electron chi connectivity index (χ3n) is 2.44. The lowest BCUT2D eigenvalue weighted by Crippen LogP contribution is -2.56. The van der Waals surface area contributed by atoms with Gasteiger partial charge in [0.25, 0.3) is 5.92 Å². The number of alkyl halides is 2. The lowest BCUT2D eigenvalue weighted by Gasteiger charge is -2.43. The quantitative estimate of drug-likeness (QED) is 0.743. The molecule has 2 N–H and O–H groups in total. The average molecular weight is 199 g/mol. The minimum absolute atomic E-state index is 0.336. The molecule has 1 aromatic heterocycles. The molecular formula is C9H11F2N3. The minimum atomic E-state index is -2.64. The van der Waals surface area contributed by atoms with E-state index in [1.54, 1.807) is 13.1 Å². The van der Waals surface area contributed by atoms with Crippen molar-refractivity contribution in [3.8, 4) is 0 Å². The van der Waals surface area contributed by atoms with Gasteiger partial charge in [-0.3, -0.25) is 9.97 Å². The van der Waals surface area contributed by atoms with E-state index in [-0.39, 0.29) is 12.8 Å². The first-order valence-electron chi connectivity index (χ1n) is 4.37. The Morgan fingerprint density at radius 1 is 1.29 bits per heavy atom. The zero-order valence-electron chi connectivity index (χ0n) is 7.80. The van der Waals surface area contributed by atoms with Gasteiger partial charge in [0.15, 0.2) is 0 Å². The highest BCUT2D eigenvalue weighted by molar-refractivity contribution is 5.20. The predicted octanol–water partition coefficient (Wildman–Crippen LogP) is 1.37. The summed E-state index contributed by atoms with van der Waals surface area (Å²) in [6, 6.07) is 0. The first-order valence-corrected chi connectivity index (χ1v) is 4.37. The van der Waals surface area contributed by atoms with Crippen LogP contribution < -0.4 is 5.73 Å². The first-order chi connectivity index (χ1) is 6.41. The van der Waals surface area contributed by atoms with Gasteiger partial charge < -0.3 is 5.73 Å². The fourth-order valence-corrected chi connectivity index (χ4v) is 1.70. The maximum absolute atomic E-state index is 12.7. The van der Waals surface area contributed by atoms with E-state index in [2.05, 4.69) is 9.97 Å². The van der Waals surface area contributed by atoms with Crippen LogP contribution in [-0.4, -0.2) is 15.9 Å². The van der Waals surface area contributed by atoms with E-state index in [4.69, 9.17) is 5.73 Å². The van der Waals surface area contributed by atoms with Crippen LogP contribution in [0.1, 0.15) is 24.2 Å². The summed E-state index contributed by atoms with van der Waals surface area (Å²) >= 11 is 0. The zero-order valence-corrected chi connectivity index (χ0v) is 7.80. The Morgan fingerprint density at radius 3 is 2.36 bits per heavy atom. The molecular weight excluding hydrogens is 188 g/mol. The molecule has 76 valence electrons. The maximum atomic E-state index is 12.7. The second-order valence-corrected chi connectivity index (χ2v) is 3.91. The molecule has 1 aromatic rings. The number of hydrogen-bond donors (Lipinski definition) is 1. The van der Waals surface area contributed by atoms with Crippen molar-refractivity contribution in [3.63, 3.8) is 0 Å². The smallest absolute Gasteiger partial charge is 0.252 e. The van der Waals surface area contributed by atoms with Gasteiger partial charge in [0.05, 0.1) is 23.1 Å². The van der Waals surface area contributed by atoms with Gasteiger partial charge >= 0.3 is 0 Å². The molecule has 14 heavy (non-hydrogen) atoms. The summed E-state index contributed by atoms with van der Waals surface area (Å²) in [6.45, 7) is 1.79. The van der Waals surface area contributed by atoms with Gasteiger partial charge in [0.1, 0.15) is 0 Å². The maximum Gasteiger partial charge on any atom is 0.252 e. The third-order valence-corrected chi connectivity index (χ3v) is 2.44. The van der Waals surface area contributed by atoms with Crippen molar-refractivity contribution in [1.82, 2.24) is 9.97 Å². The van der Waals surface area contributed by atoms with Crippen LogP contribution in [0, 0.1) is 6.92 Å². The first kappa shape index (κ1) is 9.45. The van der Waals surface area contributed by atoms with Gasteiger partial charge in [-0.1, -0.05) is 0 Å². The Kier molecular flexibility index (Phi) is 1.82. The van der Waals surface area contributed by atoms with E-state index in [9.17, 15) is 8.78 Å². The fraction of sp³-hybridized carbons (Fsp3) is 0.556. The summed E-state index contributed by atoms with van der Waals surface area (Å²) in [5, 5.41) is 0. The van der Waals surface area contributed by atoms with E-state index in [1.165, 1.54) is 6.20 Å². The molecule has 0 atom stereocenters. The Labute approximate surface area is 80.4 Å². The number of nitrogens with two attached hydrogens (primary N) is 1. The van der Waals surface area contributed by atoms with Crippen LogP contribution in [0.25, 0.3) is 0 Å². The van der Waals surface area contributed by atoms with E-state index in [0.29, 0.717) is 5.69 Å². The van der Waals surface area contributed by atoms with Gasteiger partial charge in [-0.05, 0) is 6.92 Å². The van der Waals surface area contributed by atoms with Crippen LogP contribution in [0.15, 0.2) is 12.4 Å². The highest BCUT2D eigenvalue weighted by atomic mass is 19.3. The largest absolute Gasteiger partial charge is 0.320 e. The molecule has 0 aromatic carbocycles. The summed E-state index contributed by atoms with van der Waals surface area (Å²) < 4.78 is 25.3. The van der Waals surface area contributed by atoms with Crippen LogP contribution >= 0.6 is 0 Å². The molecule has 0 bridgehead atoms. The van der Waals surface area contributed by atoms with E-state index >= 15 is 0 Å². The monoisotopic (exact) mass is 199 g/mol. The standard InChI is InChI=1S/C9H11F2N3/c1-6-2-14-7(3-13-6)8(12)4-9(10,11)5-8/h2-3H,4-5,12H2,1H3. The molecule has 0 radical (unpaired) electrons. The summed E-state index contributed by atoms with van der Waals surface area (Å²) in [5.41, 5.74) is 5.99. The Bertz CT molecular complexity index is 340. The molecule has 0 saturated heterocycles. The molecule has 3 nitrogen and oxygen atoms in total. The molecule has 1 aliphatic carbocycles. The number of aromatic nitrogens is 2. The fourth-order valence-electron chi connectivity index (χ4n) is 1.70. The number of halogens is 2. The molecule has 0 spiro atoms. The lowest BCUT2D eigenvalue weighted by atomic mass is 9.72. The molecule has 0 unspecified atom stereocenters. The molecule has 5 heteroatoms. The number of nitrogens with zero attached hydrogens (tertiary/aromatic N) is 2. The van der Waals surface area contributed by atoms with Crippen molar-refractivity contribution in [2.45, 2.75) is 31.2 Å². The normalized spacial score (nSPS) is 22.9. The van der Waals surface area contributed by atoms with Gasteiger partial charge in [-0.25, -0.2) is 8.78 Å². The predicted molar refractivity (Wildman–Crippen MR) is 46.8 cm³/mol. The van der Waals surface area contributed by atoms with Crippen LogP contribution in [-0.2, 0) is 5.54 Å². The van der Waals surface area contributed by atoms with E-state index in [1.807, 2.05) is 0 Å².